The van der Waals surface area contributed by atoms with Gasteiger partial charge in [-0.15, -0.1) is 11.3 Å². The molecule has 0 bridgehead atoms. The lowest BCUT2D eigenvalue weighted by Gasteiger charge is -2.22. The van der Waals surface area contributed by atoms with Gasteiger partial charge in [0.25, 0.3) is 0 Å². The number of thiazole rings is 1. The Morgan fingerprint density at radius 3 is 2.82 bits per heavy atom. The third kappa shape index (κ3) is 3.14. The molecule has 1 unspecified atom stereocenters. The molecule has 116 valence electrons. The minimum Gasteiger partial charge on any atom is -0.445 e. The fraction of sp³-hybridized carbons (Fsp3) is 0.412. The van der Waals surface area contributed by atoms with E-state index in [1.165, 1.54) is 4.88 Å². The Balaban J connectivity index is 1.66. The van der Waals surface area contributed by atoms with Gasteiger partial charge in [0.1, 0.15) is 11.6 Å². The van der Waals surface area contributed by atoms with Crippen LogP contribution in [0.15, 0.2) is 30.3 Å². The minimum atomic E-state index is -0.239. The summed E-state index contributed by atoms with van der Waals surface area (Å²) in [6, 6.07) is 9.84. The maximum absolute atomic E-state index is 12.4. The minimum absolute atomic E-state index is 0.0701. The summed E-state index contributed by atoms with van der Waals surface area (Å²) in [4.78, 5) is 20.0. The summed E-state index contributed by atoms with van der Waals surface area (Å²) >= 11 is 1.69. The Labute approximate surface area is 134 Å². The molecule has 1 saturated heterocycles. The van der Waals surface area contributed by atoms with E-state index in [2.05, 4.69) is 11.9 Å². The molecule has 1 fully saturated rings. The van der Waals surface area contributed by atoms with Crippen LogP contribution < -0.4 is 0 Å². The van der Waals surface area contributed by atoms with Gasteiger partial charge in [-0.1, -0.05) is 30.3 Å². The van der Waals surface area contributed by atoms with Gasteiger partial charge in [-0.05, 0) is 32.3 Å². The second-order valence-electron chi connectivity index (χ2n) is 5.59. The van der Waals surface area contributed by atoms with Crippen molar-refractivity contribution >= 4 is 17.4 Å². The highest BCUT2D eigenvalue weighted by Crippen LogP contribution is 2.35. The van der Waals surface area contributed by atoms with Crippen molar-refractivity contribution in [3.8, 4) is 0 Å². The Morgan fingerprint density at radius 1 is 1.36 bits per heavy atom. The van der Waals surface area contributed by atoms with Crippen LogP contribution in [0.5, 0.6) is 0 Å². The molecule has 5 heteroatoms. The number of amides is 1. The summed E-state index contributed by atoms with van der Waals surface area (Å²) in [6.07, 6.45) is 1.73. The first-order valence-electron chi connectivity index (χ1n) is 7.56. The highest BCUT2D eigenvalue weighted by atomic mass is 32.1. The van der Waals surface area contributed by atoms with Crippen LogP contribution in [0.25, 0.3) is 0 Å². The number of likely N-dealkylation sites (tertiary alicyclic amines) is 1. The molecule has 0 radical (unpaired) electrons. The van der Waals surface area contributed by atoms with Crippen molar-refractivity contribution in [3.05, 3.63) is 51.5 Å². The number of rotatable bonds is 3. The van der Waals surface area contributed by atoms with E-state index in [0.29, 0.717) is 6.61 Å². The normalized spacial score (nSPS) is 17.7. The van der Waals surface area contributed by atoms with Crippen LogP contribution in [0.3, 0.4) is 0 Å². The molecule has 22 heavy (non-hydrogen) atoms. The van der Waals surface area contributed by atoms with Crippen LogP contribution in [0.2, 0.25) is 0 Å². The number of ether oxygens (including phenoxy) is 1. The van der Waals surface area contributed by atoms with Crippen LogP contribution in [0.4, 0.5) is 4.79 Å². The molecule has 2 aromatic rings. The SMILES string of the molecule is Cc1nc(C2CCCN2C(=O)OCc2ccccc2)sc1C. The number of hydrogen-bond acceptors (Lipinski definition) is 4. The van der Waals surface area contributed by atoms with Crippen molar-refractivity contribution in [2.45, 2.75) is 39.3 Å². The maximum Gasteiger partial charge on any atom is 0.410 e. The van der Waals surface area contributed by atoms with Gasteiger partial charge in [-0.3, -0.25) is 4.90 Å². The van der Waals surface area contributed by atoms with E-state index in [-0.39, 0.29) is 12.1 Å². The first-order chi connectivity index (χ1) is 10.6. The Kier molecular flexibility index (Phi) is 4.43. The van der Waals surface area contributed by atoms with E-state index in [9.17, 15) is 4.79 Å². The molecule has 1 aliphatic heterocycles. The maximum atomic E-state index is 12.4. The standard InChI is InChI=1S/C17H20N2O2S/c1-12-13(2)22-16(18-12)15-9-6-10-19(15)17(20)21-11-14-7-4-3-5-8-14/h3-5,7-8,15H,6,9-11H2,1-2H3. The number of carbonyl (C=O) groups excluding carboxylic acids is 1. The third-order valence-electron chi connectivity index (χ3n) is 4.02. The Bertz CT molecular complexity index is 634. The van der Waals surface area contributed by atoms with Crippen molar-refractivity contribution < 1.29 is 9.53 Å². The summed E-state index contributed by atoms with van der Waals surface area (Å²) in [5, 5.41) is 1.03. The second kappa shape index (κ2) is 6.48. The fourth-order valence-corrected chi connectivity index (χ4v) is 3.76. The second-order valence-corrected chi connectivity index (χ2v) is 6.82. The quantitative estimate of drug-likeness (QED) is 0.851. The molecular formula is C17H20N2O2S. The van der Waals surface area contributed by atoms with E-state index >= 15 is 0 Å². The van der Waals surface area contributed by atoms with Crippen molar-refractivity contribution in [1.29, 1.82) is 0 Å². The van der Waals surface area contributed by atoms with Gasteiger partial charge >= 0.3 is 6.09 Å². The number of carbonyl (C=O) groups is 1. The molecule has 2 heterocycles. The van der Waals surface area contributed by atoms with Gasteiger partial charge in [0, 0.05) is 11.4 Å². The predicted octanol–water partition coefficient (Wildman–Crippen LogP) is 4.23. The summed E-state index contributed by atoms with van der Waals surface area (Å²) in [5.41, 5.74) is 2.07. The molecule has 3 rings (SSSR count). The number of benzene rings is 1. The average molecular weight is 316 g/mol. The molecule has 0 N–H and O–H groups in total. The van der Waals surface area contributed by atoms with Gasteiger partial charge < -0.3 is 4.74 Å². The smallest absolute Gasteiger partial charge is 0.410 e. The lowest BCUT2D eigenvalue weighted by Crippen LogP contribution is -2.31. The first kappa shape index (κ1) is 15.0. The highest BCUT2D eigenvalue weighted by Gasteiger charge is 2.33. The number of hydrogen-bond donors (Lipinski definition) is 0. The predicted molar refractivity (Wildman–Crippen MR) is 86.9 cm³/mol. The van der Waals surface area contributed by atoms with Crippen LogP contribution in [0.1, 0.15) is 40.0 Å². The van der Waals surface area contributed by atoms with Crippen molar-refractivity contribution in [1.82, 2.24) is 9.88 Å². The summed E-state index contributed by atoms with van der Waals surface area (Å²) in [6.45, 7) is 5.15. The van der Waals surface area contributed by atoms with Crippen LogP contribution in [-0.2, 0) is 11.3 Å². The van der Waals surface area contributed by atoms with Crippen molar-refractivity contribution in [3.63, 3.8) is 0 Å². The fourth-order valence-electron chi connectivity index (χ4n) is 2.68. The van der Waals surface area contributed by atoms with Crippen LogP contribution in [-0.4, -0.2) is 22.5 Å². The van der Waals surface area contributed by atoms with E-state index in [1.54, 1.807) is 11.3 Å². The Hall–Kier alpha value is -1.88. The number of aromatic nitrogens is 1. The number of aryl methyl sites for hydroxylation is 2. The summed E-state index contributed by atoms with van der Waals surface area (Å²) < 4.78 is 5.46. The molecule has 1 aliphatic rings. The molecule has 1 aromatic carbocycles. The molecule has 0 saturated carbocycles. The lowest BCUT2D eigenvalue weighted by molar-refractivity contribution is 0.0920. The van der Waals surface area contributed by atoms with Crippen molar-refractivity contribution in [2.75, 3.05) is 6.54 Å². The molecular weight excluding hydrogens is 296 g/mol. The Morgan fingerprint density at radius 2 is 2.14 bits per heavy atom. The molecule has 4 nitrogen and oxygen atoms in total. The monoisotopic (exact) mass is 316 g/mol. The molecule has 0 spiro atoms. The van der Waals surface area contributed by atoms with E-state index < -0.39 is 0 Å². The average Bonchev–Trinajstić information content (AvgIpc) is 3.13. The highest BCUT2D eigenvalue weighted by molar-refractivity contribution is 7.11. The molecule has 1 amide bonds. The third-order valence-corrected chi connectivity index (χ3v) is 5.20. The van der Waals surface area contributed by atoms with Crippen molar-refractivity contribution in [2.24, 2.45) is 0 Å². The van der Waals surface area contributed by atoms with Gasteiger partial charge in [0.15, 0.2) is 0 Å². The largest absolute Gasteiger partial charge is 0.445 e. The lowest BCUT2D eigenvalue weighted by atomic mass is 10.2. The van der Waals surface area contributed by atoms with E-state index in [1.807, 2.05) is 42.2 Å². The van der Waals surface area contributed by atoms with Gasteiger partial charge in [-0.25, -0.2) is 9.78 Å². The summed E-state index contributed by atoms with van der Waals surface area (Å²) in [7, 11) is 0. The van der Waals surface area contributed by atoms with Gasteiger partial charge in [0.05, 0.1) is 11.7 Å². The van der Waals surface area contributed by atoms with Crippen LogP contribution >= 0.6 is 11.3 Å². The molecule has 1 atom stereocenters. The molecule has 0 aliphatic carbocycles. The van der Waals surface area contributed by atoms with Crippen LogP contribution in [0, 0.1) is 13.8 Å². The zero-order valence-corrected chi connectivity index (χ0v) is 13.7. The summed E-state index contributed by atoms with van der Waals surface area (Å²) in [5.74, 6) is 0. The van der Waals surface area contributed by atoms with E-state index in [0.717, 1.165) is 35.7 Å². The molecule has 1 aromatic heterocycles. The van der Waals surface area contributed by atoms with Gasteiger partial charge in [0.2, 0.25) is 0 Å². The van der Waals surface area contributed by atoms with E-state index in [4.69, 9.17) is 4.74 Å². The zero-order chi connectivity index (χ0) is 15.5. The first-order valence-corrected chi connectivity index (χ1v) is 8.38. The van der Waals surface area contributed by atoms with Gasteiger partial charge in [-0.2, -0.15) is 0 Å². The zero-order valence-electron chi connectivity index (χ0n) is 12.9. The number of nitrogens with zero attached hydrogens (tertiary/aromatic N) is 2. The topological polar surface area (TPSA) is 42.4 Å².